The van der Waals surface area contributed by atoms with Crippen molar-refractivity contribution >= 4 is 11.6 Å². The van der Waals surface area contributed by atoms with E-state index < -0.39 is 0 Å². The van der Waals surface area contributed by atoms with Crippen molar-refractivity contribution in [2.75, 3.05) is 27.4 Å². The standard InChI is InChI=1S/C22H24N2O4/c1-5-14-28-19-11-8-17(15-20(19)26-3)12-13-23-22(25)21(24-27-4)18-9-6-16(2)7-10-18/h1,6-11,15H,12-14H2,2-4H3,(H,23,25). The number of hydrogen-bond donors (Lipinski definition) is 1. The minimum Gasteiger partial charge on any atom is -0.493 e. The molecule has 1 amide bonds. The van der Waals surface area contributed by atoms with Crippen LogP contribution in [0, 0.1) is 19.3 Å². The van der Waals surface area contributed by atoms with Gasteiger partial charge in [0, 0.05) is 12.1 Å². The fourth-order valence-electron chi connectivity index (χ4n) is 2.54. The Bertz CT molecular complexity index is 867. The number of aryl methyl sites for hydroxylation is 1. The maximum Gasteiger partial charge on any atom is 0.273 e. The molecule has 0 atom stereocenters. The number of ether oxygens (including phenoxy) is 2. The Morgan fingerprint density at radius 3 is 2.54 bits per heavy atom. The second kappa shape index (κ2) is 10.6. The van der Waals surface area contributed by atoms with Crippen LogP contribution in [0.25, 0.3) is 0 Å². The van der Waals surface area contributed by atoms with Crippen molar-refractivity contribution in [3.63, 3.8) is 0 Å². The van der Waals surface area contributed by atoms with Crippen molar-refractivity contribution < 1.29 is 19.1 Å². The quantitative estimate of drug-likeness (QED) is 0.413. The van der Waals surface area contributed by atoms with Crippen LogP contribution in [0.15, 0.2) is 47.6 Å². The molecule has 28 heavy (non-hydrogen) atoms. The highest BCUT2D eigenvalue weighted by atomic mass is 16.6. The van der Waals surface area contributed by atoms with Crippen LogP contribution in [-0.4, -0.2) is 39.0 Å². The van der Waals surface area contributed by atoms with Gasteiger partial charge >= 0.3 is 0 Å². The number of methoxy groups -OCH3 is 1. The summed E-state index contributed by atoms with van der Waals surface area (Å²) in [6, 6.07) is 13.1. The lowest BCUT2D eigenvalue weighted by atomic mass is 10.1. The van der Waals surface area contributed by atoms with Crippen LogP contribution in [0.3, 0.4) is 0 Å². The van der Waals surface area contributed by atoms with Crippen molar-refractivity contribution in [3.8, 4) is 23.8 Å². The van der Waals surface area contributed by atoms with Crippen LogP contribution < -0.4 is 14.8 Å². The number of oxime groups is 1. The maximum absolute atomic E-state index is 12.5. The molecular weight excluding hydrogens is 356 g/mol. The van der Waals surface area contributed by atoms with Gasteiger partial charge in [0.25, 0.3) is 5.91 Å². The molecule has 0 heterocycles. The fraction of sp³-hybridized carbons (Fsp3) is 0.273. The topological polar surface area (TPSA) is 69.2 Å². The zero-order valence-electron chi connectivity index (χ0n) is 16.3. The van der Waals surface area contributed by atoms with Gasteiger partial charge in [-0.25, -0.2) is 0 Å². The molecule has 0 spiro atoms. The van der Waals surface area contributed by atoms with E-state index in [9.17, 15) is 4.79 Å². The number of carbonyl (C=O) groups is 1. The van der Waals surface area contributed by atoms with Crippen molar-refractivity contribution in [1.29, 1.82) is 0 Å². The van der Waals surface area contributed by atoms with Crippen LogP contribution in [0.5, 0.6) is 11.5 Å². The van der Waals surface area contributed by atoms with Gasteiger partial charge in [-0.05, 0) is 31.0 Å². The largest absolute Gasteiger partial charge is 0.493 e. The lowest BCUT2D eigenvalue weighted by Crippen LogP contribution is -2.33. The number of nitrogens with zero attached hydrogens (tertiary/aromatic N) is 1. The van der Waals surface area contributed by atoms with Crippen LogP contribution in [0.4, 0.5) is 0 Å². The van der Waals surface area contributed by atoms with Gasteiger partial charge in [-0.2, -0.15) is 0 Å². The minimum absolute atomic E-state index is 0.173. The SMILES string of the molecule is C#CCOc1ccc(CCNC(=O)C(=NOC)c2ccc(C)cc2)cc1OC. The molecule has 1 N–H and O–H groups in total. The number of benzene rings is 2. The molecule has 0 aromatic heterocycles. The van der Waals surface area contributed by atoms with E-state index in [1.165, 1.54) is 7.11 Å². The summed E-state index contributed by atoms with van der Waals surface area (Å²) in [6.45, 7) is 2.58. The molecule has 0 bridgehead atoms. The summed E-state index contributed by atoms with van der Waals surface area (Å²) in [5.41, 5.74) is 3.02. The van der Waals surface area contributed by atoms with E-state index in [2.05, 4.69) is 16.4 Å². The lowest BCUT2D eigenvalue weighted by Gasteiger charge is -2.11. The Labute approximate surface area is 165 Å². The second-order valence-corrected chi connectivity index (χ2v) is 5.97. The van der Waals surface area contributed by atoms with E-state index in [1.807, 2.05) is 43.3 Å². The summed E-state index contributed by atoms with van der Waals surface area (Å²) >= 11 is 0. The minimum atomic E-state index is -0.299. The molecule has 6 heteroatoms. The van der Waals surface area contributed by atoms with E-state index in [-0.39, 0.29) is 18.2 Å². The molecular formula is C22H24N2O4. The Kier molecular flexibility index (Phi) is 7.92. The number of terminal acetylenes is 1. The summed E-state index contributed by atoms with van der Waals surface area (Å²) in [5.74, 6) is 3.30. The molecule has 0 aliphatic carbocycles. The highest BCUT2D eigenvalue weighted by Crippen LogP contribution is 2.28. The van der Waals surface area contributed by atoms with Gasteiger partial charge in [0.2, 0.25) is 0 Å². The van der Waals surface area contributed by atoms with Gasteiger partial charge < -0.3 is 19.6 Å². The molecule has 2 aromatic rings. The Hall–Kier alpha value is -3.46. The highest BCUT2D eigenvalue weighted by Gasteiger charge is 2.15. The zero-order valence-corrected chi connectivity index (χ0v) is 16.3. The number of rotatable bonds is 9. The normalized spacial score (nSPS) is 10.7. The third kappa shape index (κ3) is 5.78. The van der Waals surface area contributed by atoms with E-state index in [1.54, 1.807) is 13.2 Å². The summed E-state index contributed by atoms with van der Waals surface area (Å²) in [7, 11) is 2.98. The van der Waals surface area contributed by atoms with E-state index in [0.29, 0.717) is 30.0 Å². The van der Waals surface area contributed by atoms with E-state index >= 15 is 0 Å². The maximum atomic E-state index is 12.5. The first-order valence-corrected chi connectivity index (χ1v) is 8.78. The number of carbonyl (C=O) groups excluding carboxylic acids is 1. The van der Waals surface area contributed by atoms with Gasteiger partial charge in [0.1, 0.15) is 13.7 Å². The number of hydrogen-bond acceptors (Lipinski definition) is 5. The first-order chi connectivity index (χ1) is 13.6. The predicted octanol–water partition coefficient (Wildman–Crippen LogP) is 2.73. The van der Waals surface area contributed by atoms with Crippen molar-refractivity contribution in [1.82, 2.24) is 5.32 Å². The molecule has 0 unspecified atom stereocenters. The van der Waals surface area contributed by atoms with E-state index in [4.69, 9.17) is 20.7 Å². The number of nitrogens with one attached hydrogen (secondary N) is 1. The predicted molar refractivity (Wildman–Crippen MR) is 109 cm³/mol. The van der Waals surface area contributed by atoms with Crippen LogP contribution in [0.2, 0.25) is 0 Å². The molecule has 2 rings (SSSR count). The molecule has 146 valence electrons. The lowest BCUT2D eigenvalue weighted by molar-refractivity contribution is -0.114. The molecule has 0 fully saturated rings. The summed E-state index contributed by atoms with van der Waals surface area (Å²) in [4.78, 5) is 17.4. The zero-order chi connectivity index (χ0) is 20.4. The molecule has 2 aromatic carbocycles. The van der Waals surface area contributed by atoms with Crippen molar-refractivity contribution in [2.45, 2.75) is 13.3 Å². The summed E-state index contributed by atoms with van der Waals surface area (Å²) in [6.07, 6.45) is 5.83. The molecule has 0 saturated carbocycles. The average Bonchev–Trinajstić information content (AvgIpc) is 2.71. The molecule has 6 nitrogen and oxygen atoms in total. The molecule has 0 aliphatic rings. The highest BCUT2D eigenvalue weighted by molar-refractivity contribution is 6.45. The third-order valence-electron chi connectivity index (χ3n) is 3.96. The smallest absolute Gasteiger partial charge is 0.273 e. The van der Waals surface area contributed by atoms with Gasteiger partial charge in [0.15, 0.2) is 17.2 Å². The Morgan fingerprint density at radius 2 is 1.89 bits per heavy atom. The molecule has 0 aliphatic heterocycles. The van der Waals surface area contributed by atoms with Gasteiger partial charge in [-0.3, -0.25) is 4.79 Å². The number of amides is 1. The van der Waals surface area contributed by atoms with Crippen LogP contribution >= 0.6 is 0 Å². The fourth-order valence-corrected chi connectivity index (χ4v) is 2.54. The van der Waals surface area contributed by atoms with Gasteiger partial charge in [0.05, 0.1) is 7.11 Å². The van der Waals surface area contributed by atoms with Gasteiger partial charge in [-0.15, -0.1) is 6.42 Å². The third-order valence-corrected chi connectivity index (χ3v) is 3.96. The second-order valence-electron chi connectivity index (χ2n) is 5.97. The Balaban J connectivity index is 1.99. The van der Waals surface area contributed by atoms with Gasteiger partial charge in [-0.1, -0.05) is 47.0 Å². The molecule has 0 radical (unpaired) electrons. The monoisotopic (exact) mass is 380 g/mol. The average molecular weight is 380 g/mol. The van der Waals surface area contributed by atoms with Crippen molar-refractivity contribution in [3.05, 3.63) is 59.2 Å². The summed E-state index contributed by atoms with van der Waals surface area (Å²) < 4.78 is 10.8. The first-order valence-electron chi connectivity index (χ1n) is 8.78. The Morgan fingerprint density at radius 1 is 1.14 bits per heavy atom. The molecule has 0 saturated heterocycles. The first kappa shape index (κ1) is 20.8. The van der Waals surface area contributed by atoms with E-state index in [0.717, 1.165) is 11.1 Å². The summed E-state index contributed by atoms with van der Waals surface area (Å²) in [5, 5.41) is 6.74. The van der Waals surface area contributed by atoms with Crippen molar-refractivity contribution in [2.24, 2.45) is 5.16 Å². The van der Waals surface area contributed by atoms with Crippen LogP contribution in [-0.2, 0) is 16.1 Å². The van der Waals surface area contributed by atoms with Crippen LogP contribution in [0.1, 0.15) is 16.7 Å².